The summed E-state index contributed by atoms with van der Waals surface area (Å²) in [6.07, 6.45) is 5.55. The number of hydrogen-bond donors (Lipinski definition) is 2. The maximum absolute atomic E-state index is 10.2. The molecule has 4 rings (SSSR count). The van der Waals surface area contributed by atoms with Gasteiger partial charge in [-0.25, -0.2) is 0 Å². The second kappa shape index (κ2) is 2.91. The third-order valence-corrected chi connectivity index (χ3v) is 4.91. The molecule has 0 aliphatic heterocycles. The highest BCUT2D eigenvalue weighted by molar-refractivity contribution is 5.85. The van der Waals surface area contributed by atoms with Crippen LogP contribution < -0.4 is 5.73 Å². The fourth-order valence-corrected chi connectivity index (χ4v) is 5.34. The van der Waals surface area contributed by atoms with E-state index in [0.29, 0.717) is 16.7 Å². The van der Waals surface area contributed by atoms with Crippen molar-refractivity contribution in [3.8, 4) is 0 Å². The molecule has 88 valence electrons. The fourth-order valence-electron chi connectivity index (χ4n) is 5.34. The van der Waals surface area contributed by atoms with Gasteiger partial charge in [0.25, 0.3) is 0 Å². The summed E-state index contributed by atoms with van der Waals surface area (Å²) >= 11 is 0. The van der Waals surface area contributed by atoms with Crippen molar-refractivity contribution in [1.29, 1.82) is 0 Å². The standard InChI is InChI=1S/C12H21NO.ClH/c1-10-3-8-4-11(2,5-10)7-12(13,6-10)9(8)14;/h8-9,14H,3-7,13H2,1-2H3;1H. The van der Waals surface area contributed by atoms with Crippen LogP contribution in [0.1, 0.15) is 46.0 Å². The van der Waals surface area contributed by atoms with Crippen LogP contribution in [0.4, 0.5) is 0 Å². The summed E-state index contributed by atoms with van der Waals surface area (Å²) in [6, 6.07) is 0. The number of aliphatic hydroxyl groups excluding tert-OH is 1. The first kappa shape index (κ1) is 11.7. The van der Waals surface area contributed by atoms with Gasteiger partial charge in [-0.3, -0.25) is 0 Å². The maximum Gasteiger partial charge on any atom is 0.0748 e. The predicted molar refractivity (Wildman–Crippen MR) is 63.0 cm³/mol. The molecular formula is C12H22ClNO. The minimum absolute atomic E-state index is 0. The summed E-state index contributed by atoms with van der Waals surface area (Å²) in [5, 5.41) is 10.2. The van der Waals surface area contributed by atoms with Crippen molar-refractivity contribution in [3.63, 3.8) is 0 Å². The molecule has 4 aliphatic rings. The van der Waals surface area contributed by atoms with E-state index in [1.54, 1.807) is 0 Å². The minimum Gasteiger partial charge on any atom is -0.391 e. The lowest BCUT2D eigenvalue weighted by Crippen LogP contribution is -2.70. The van der Waals surface area contributed by atoms with Gasteiger partial charge < -0.3 is 10.8 Å². The SMILES string of the molecule is CC12CC3CC(C)(C1)CC(N)(C2)C3O.Cl. The average Bonchev–Trinajstić information content (AvgIpc) is 1.94. The lowest BCUT2D eigenvalue weighted by Gasteiger charge is -2.66. The van der Waals surface area contributed by atoms with Crippen LogP contribution in [0.15, 0.2) is 0 Å². The molecule has 0 spiro atoms. The van der Waals surface area contributed by atoms with Crippen LogP contribution >= 0.6 is 12.4 Å². The van der Waals surface area contributed by atoms with E-state index >= 15 is 0 Å². The summed E-state index contributed by atoms with van der Waals surface area (Å²) < 4.78 is 0. The molecule has 0 aromatic carbocycles. The van der Waals surface area contributed by atoms with Crippen LogP contribution in [-0.4, -0.2) is 16.7 Å². The number of hydrogen-bond acceptors (Lipinski definition) is 2. The van der Waals surface area contributed by atoms with E-state index in [1.807, 2.05) is 0 Å². The van der Waals surface area contributed by atoms with Crippen LogP contribution in [0.3, 0.4) is 0 Å². The van der Waals surface area contributed by atoms with E-state index in [9.17, 15) is 5.11 Å². The van der Waals surface area contributed by atoms with Crippen molar-refractivity contribution >= 4 is 12.4 Å². The minimum atomic E-state index is -0.261. The summed E-state index contributed by atoms with van der Waals surface area (Å²) in [6.45, 7) is 4.73. The number of aliphatic hydroxyl groups is 1. The van der Waals surface area contributed by atoms with E-state index in [1.165, 1.54) is 19.3 Å². The second-order valence-corrected chi connectivity index (χ2v) is 7.00. The second-order valence-electron chi connectivity index (χ2n) is 7.00. The van der Waals surface area contributed by atoms with E-state index in [4.69, 9.17) is 5.73 Å². The summed E-state index contributed by atoms with van der Waals surface area (Å²) in [5.74, 6) is 0.478. The zero-order valence-electron chi connectivity index (χ0n) is 9.62. The Morgan fingerprint density at radius 3 is 1.93 bits per heavy atom. The molecule has 15 heavy (non-hydrogen) atoms. The number of rotatable bonds is 0. The van der Waals surface area contributed by atoms with Crippen molar-refractivity contribution in [2.75, 3.05) is 0 Å². The molecule has 0 heterocycles. The van der Waals surface area contributed by atoms with Crippen LogP contribution in [0.25, 0.3) is 0 Å². The molecule has 4 saturated carbocycles. The van der Waals surface area contributed by atoms with Crippen LogP contribution in [0, 0.1) is 16.7 Å². The highest BCUT2D eigenvalue weighted by Crippen LogP contribution is 2.65. The van der Waals surface area contributed by atoms with Crippen LogP contribution in [-0.2, 0) is 0 Å². The Morgan fingerprint density at radius 2 is 1.53 bits per heavy atom. The third-order valence-electron chi connectivity index (χ3n) is 4.91. The van der Waals surface area contributed by atoms with Crippen LogP contribution in [0.5, 0.6) is 0 Å². The third kappa shape index (κ3) is 1.45. The van der Waals surface area contributed by atoms with Gasteiger partial charge in [0.2, 0.25) is 0 Å². The normalized spacial score (nSPS) is 61.6. The van der Waals surface area contributed by atoms with Gasteiger partial charge in [0.15, 0.2) is 0 Å². The first-order valence-electron chi connectivity index (χ1n) is 5.81. The van der Waals surface area contributed by atoms with Crippen molar-refractivity contribution in [2.24, 2.45) is 22.5 Å². The Kier molecular flexibility index (Phi) is 2.26. The highest BCUT2D eigenvalue weighted by Gasteiger charge is 2.62. The van der Waals surface area contributed by atoms with Gasteiger partial charge in [-0.15, -0.1) is 12.4 Å². The van der Waals surface area contributed by atoms with Crippen LogP contribution in [0.2, 0.25) is 0 Å². The smallest absolute Gasteiger partial charge is 0.0748 e. The molecule has 4 bridgehead atoms. The van der Waals surface area contributed by atoms with Gasteiger partial charge in [-0.2, -0.15) is 0 Å². The Hall–Kier alpha value is 0.210. The van der Waals surface area contributed by atoms with Gasteiger partial charge in [0.05, 0.1) is 6.10 Å². The highest BCUT2D eigenvalue weighted by atomic mass is 35.5. The van der Waals surface area contributed by atoms with Crippen molar-refractivity contribution in [2.45, 2.75) is 57.6 Å². The largest absolute Gasteiger partial charge is 0.391 e. The monoisotopic (exact) mass is 231 g/mol. The topological polar surface area (TPSA) is 46.2 Å². The lowest BCUT2D eigenvalue weighted by molar-refractivity contribution is -0.173. The van der Waals surface area contributed by atoms with Gasteiger partial charge >= 0.3 is 0 Å². The first-order chi connectivity index (χ1) is 6.34. The van der Waals surface area contributed by atoms with E-state index in [-0.39, 0.29) is 24.0 Å². The van der Waals surface area contributed by atoms with Gasteiger partial charge in [0, 0.05) is 5.54 Å². The molecule has 0 aromatic rings. The molecule has 3 N–H and O–H groups in total. The molecule has 2 nitrogen and oxygen atoms in total. The number of nitrogens with two attached hydrogens (primary N) is 1. The van der Waals surface area contributed by atoms with Crippen molar-refractivity contribution in [3.05, 3.63) is 0 Å². The molecule has 3 heteroatoms. The molecule has 3 unspecified atom stereocenters. The Balaban J connectivity index is 0.000000853. The van der Waals surface area contributed by atoms with Crippen molar-refractivity contribution in [1.82, 2.24) is 0 Å². The molecular weight excluding hydrogens is 210 g/mol. The average molecular weight is 232 g/mol. The van der Waals surface area contributed by atoms with Gasteiger partial charge in [-0.05, 0) is 48.9 Å². The van der Waals surface area contributed by atoms with E-state index in [2.05, 4.69) is 13.8 Å². The Morgan fingerprint density at radius 1 is 1.07 bits per heavy atom. The molecule has 4 fully saturated rings. The maximum atomic E-state index is 10.2. The number of halogens is 1. The summed E-state index contributed by atoms with van der Waals surface area (Å²) in [5.41, 5.74) is 6.96. The quantitative estimate of drug-likeness (QED) is 0.671. The van der Waals surface area contributed by atoms with E-state index < -0.39 is 0 Å². The lowest BCUT2D eigenvalue weighted by atomic mass is 9.42. The van der Waals surface area contributed by atoms with Gasteiger partial charge in [-0.1, -0.05) is 13.8 Å². The zero-order valence-corrected chi connectivity index (χ0v) is 10.4. The molecule has 0 amide bonds. The molecule has 0 saturated heterocycles. The fraction of sp³-hybridized carbons (Fsp3) is 1.00. The molecule has 4 aliphatic carbocycles. The zero-order chi connectivity index (χ0) is 10.2. The Bertz CT molecular complexity index is 275. The summed E-state index contributed by atoms with van der Waals surface area (Å²) in [4.78, 5) is 0. The molecule has 0 aromatic heterocycles. The Labute approximate surface area is 98.0 Å². The molecule has 0 radical (unpaired) electrons. The molecule has 3 atom stereocenters. The first-order valence-corrected chi connectivity index (χ1v) is 5.81. The van der Waals surface area contributed by atoms with Gasteiger partial charge in [0.1, 0.15) is 0 Å². The summed E-state index contributed by atoms with van der Waals surface area (Å²) in [7, 11) is 0. The van der Waals surface area contributed by atoms with E-state index in [0.717, 1.165) is 12.8 Å². The predicted octanol–water partition coefficient (Wildman–Crippen LogP) is 2.09. The van der Waals surface area contributed by atoms with Crippen molar-refractivity contribution < 1.29 is 5.11 Å².